The van der Waals surface area contributed by atoms with E-state index in [1.54, 1.807) is 11.3 Å². The number of nitrogens with zero attached hydrogens (tertiary/aromatic N) is 3. The number of aromatic nitrogens is 2. The third kappa shape index (κ3) is 5.39. The third-order valence-electron chi connectivity index (χ3n) is 6.82. The number of fused-ring (bicyclic) bond motifs is 3. The highest BCUT2D eigenvalue weighted by Crippen LogP contribution is 2.34. The largest absolute Gasteiger partial charge is 0.352 e. The summed E-state index contributed by atoms with van der Waals surface area (Å²) in [7, 11) is 4.09. The Bertz CT molecular complexity index is 1010. The number of nitrogens with one attached hydrogen (secondary N) is 1. The van der Waals surface area contributed by atoms with Crippen LogP contribution in [0.4, 0.5) is 0 Å². The smallest absolute Gasteiger partial charge is 0.263 e. The lowest BCUT2D eigenvalue weighted by Crippen LogP contribution is -2.42. The Hall–Kier alpha value is -1.38. The van der Waals surface area contributed by atoms with E-state index in [4.69, 9.17) is 4.98 Å². The highest BCUT2D eigenvalue weighted by molar-refractivity contribution is 7.99. The Morgan fingerprint density at radius 3 is 2.78 bits per heavy atom. The zero-order chi connectivity index (χ0) is 22.7. The normalized spacial score (nSPS) is 21.1. The van der Waals surface area contributed by atoms with Gasteiger partial charge in [0.05, 0.1) is 11.1 Å². The predicted molar refractivity (Wildman–Crippen MR) is 134 cm³/mol. The molecular weight excluding hydrogens is 440 g/mol. The van der Waals surface area contributed by atoms with Gasteiger partial charge in [0.15, 0.2) is 5.16 Å². The number of hydrogen-bond donors (Lipinski definition) is 1. The molecule has 4 rings (SSSR count). The summed E-state index contributed by atoms with van der Waals surface area (Å²) in [5.41, 5.74) is 1.31. The number of amides is 1. The average molecular weight is 477 g/mol. The van der Waals surface area contributed by atoms with Crippen molar-refractivity contribution < 1.29 is 4.79 Å². The fourth-order valence-corrected chi connectivity index (χ4v) is 7.12. The van der Waals surface area contributed by atoms with Crippen LogP contribution >= 0.6 is 23.1 Å². The molecule has 0 saturated heterocycles. The van der Waals surface area contributed by atoms with E-state index in [1.807, 2.05) is 18.7 Å². The van der Waals surface area contributed by atoms with Crippen LogP contribution in [0.2, 0.25) is 0 Å². The molecule has 2 atom stereocenters. The minimum absolute atomic E-state index is 0.0495. The highest BCUT2D eigenvalue weighted by Gasteiger charge is 2.25. The van der Waals surface area contributed by atoms with Crippen molar-refractivity contribution in [3.63, 3.8) is 0 Å². The predicted octanol–water partition coefficient (Wildman–Crippen LogP) is 4.08. The maximum atomic E-state index is 13.6. The van der Waals surface area contributed by atoms with Gasteiger partial charge in [-0.05, 0) is 77.1 Å². The Morgan fingerprint density at radius 1 is 1.22 bits per heavy atom. The van der Waals surface area contributed by atoms with Gasteiger partial charge in [-0.2, -0.15) is 0 Å². The van der Waals surface area contributed by atoms with E-state index in [2.05, 4.69) is 17.1 Å². The van der Waals surface area contributed by atoms with Crippen molar-refractivity contribution in [1.82, 2.24) is 19.8 Å². The molecule has 0 bridgehead atoms. The summed E-state index contributed by atoms with van der Waals surface area (Å²) in [5, 5.41) is 4.75. The fourth-order valence-electron chi connectivity index (χ4n) is 4.98. The molecule has 1 N–H and O–H groups in total. The van der Waals surface area contributed by atoms with Crippen LogP contribution in [-0.2, 0) is 24.2 Å². The summed E-state index contributed by atoms with van der Waals surface area (Å²) in [5.74, 6) is 0.891. The van der Waals surface area contributed by atoms with Crippen molar-refractivity contribution in [2.45, 2.75) is 82.5 Å². The summed E-state index contributed by atoms with van der Waals surface area (Å²) >= 11 is 3.09. The van der Waals surface area contributed by atoms with Gasteiger partial charge in [0.2, 0.25) is 5.91 Å². The summed E-state index contributed by atoms with van der Waals surface area (Å²) in [6.45, 7) is 3.78. The van der Waals surface area contributed by atoms with E-state index in [0.29, 0.717) is 23.4 Å². The summed E-state index contributed by atoms with van der Waals surface area (Å²) in [6, 6.07) is 0.276. The molecule has 2 aliphatic rings. The van der Waals surface area contributed by atoms with Crippen molar-refractivity contribution in [2.75, 3.05) is 26.4 Å². The van der Waals surface area contributed by atoms with E-state index >= 15 is 0 Å². The first kappa shape index (κ1) is 23.8. The first-order chi connectivity index (χ1) is 15.4. The molecule has 2 unspecified atom stereocenters. The van der Waals surface area contributed by atoms with Crippen LogP contribution in [-0.4, -0.2) is 52.8 Å². The first-order valence-electron chi connectivity index (χ1n) is 12.1. The lowest BCUT2D eigenvalue weighted by Gasteiger charge is -2.29. The third-order valence-corrected chi connectivity index (χ3v) is 8.98. The molecular formula is C24H36N4O2S2. The van der Waals surface area contributed by atoms with Gasteiger partial charge in [0.25, 0.3) is 5.56 Å². The highest BCUT2D eigenvalue weighted by atomic mass is 32.2. The minimum Gasteiger partial charge on any atom is -0.352 e. The monoisotopic (exact) mass is 476 g/mol. The Labute approximate surface area is 199 Å². The van der Waals surface area contributed by atoms with Crippen LogP contribution in [0, 0.1) is 5.92 Å². The van der Waals surface area contributed by atoms with Gasteiger partial charge in [0.1, 0.15) is 4.83 Å². The second kappa shape index (κ2) is 10.7. The minimum atomic E-state index is 0.0495. The average Bonchev–Trinajstić information content (AvgIpc) is 3.14. The lowest BCUT2D eigenvalue weighted by atomic mass is 9.86. The SMILES string of the molecule is CC1CCCCC1NC(=O)CSc1nc2sc3c(c2c(=O)n1CCCN(C)C)CCCC3. The van der Waals surface area contributed by atoms with Crippen molar-refractivity contribution in [2.24, 2.45) is 5.92 Å². The van der Waals surface area contributed by atoms with E-state index in [0.717, 1.165) is 48.9 Å². The van der Waals surface area contributed by atoms with Crippen LogP contribution in [0.5, 0.6) is 0 Å². The maximum absolute atomic E-state index is 13.6. The number of carbonyl (C=O) groups excluding carboxylic acids is 1. The van der Waals surface area contributed by atoms with Crippen molar-refractivity contribution in [1.29, 1.82) is 0 Å². The summed E-state index contributed by atoms with van der Waals surface area (Å²) in [6.07, 6.45) is 9.96. The molecule has 0 aliphatic heterocycles. The van der Waals surface area contributed by atoms with Gasteiger partial charge in [-0.3, -0.25) is 14.2 Å². The lowest BCUT2D eigenvalue weighted by molar-refractivity contribution is -0.119. The van der Waals surface area contributed by atoms with E-state index in [1.165, 1.54) is 47.9 Å². The maximum Gasteiger partial charge on any atom is 0.263 e. The van der Waals surface area contributed by atoms with Crippen molar-refractivity contribution in [3.05, 3.63) is 20.8 Å². The quantitative estimate of drug-likeness (QED) is 0.459. The Kier molecular flexibility index (Phi) is 7.95. The van der Waals surface area contributed by atoms with Crippen molar-refractivity contribution in [3.8, 4) is 0 Å². The molecule has 1 amide bonds. The van der Waals surface area contributed by atoms with Crippen LogP contribution in [0.3, 0.4) is 0 Å². The molecule has 2 aromatic rings. The van der Waals surface area contributed by atoms with Gasteiger partial charge in [-0.1, -0.05) is 31.5 Å². The van der Waals surface area contributed by atoms with Gasteiger partial charge >= 0.3 is 0 Å². The molecule has 176 valence electrons. The molecule has 6 nitrogen and oxygen atoms in total. The second-order valence-corrected chi connectivity index (χ2v) is 11.6. The number of hydrogen-bond acceptors (Lipinski definition) is 6. The Morgan fingerprint density at radius 2 is 2.00 bits per heavy atom. The molecule has 0 aromatic carbocycles. The van der Waals surface area contributed by atoms with E-state index in [9.17, 15) is 9.59 Å². The topological polar surface area (TPSA) is 67.2 Å². The van der Waals surface area contributed by atoms with E-state index in [-0.39, 0.29) is 17.5 Å². The fraction of sp³-hybridized carbons (Fsp3) is 0.708. The zero-order valence-corrected chi connectivity index (χ0v) is 21.2. The van der Waals surface area contributed by atoms with E-state index < -0.39 is 0 Å². The van der Waals surface area contributed by atoms with Gasteiger partial charge < -0.3 is 10.2 Å². The molecule has 2 heterocycles. The molecule has 1 fully saturated rings. The molecule has 8 heteroatoms. The molecule has 32 heavy (non-hydrogen) atoms. The van der Waals surface area contributed by atoms with Gasteiger partial charge in [-0.25, -0.2) is 4.98 Å². The van der Waals surface area contributed by atoms with Gasteiger partial charge in [0, 0.05) is 17.5 Å². The zero-order valence-electron chi connectivity index (χ0n) is 19.6. The number of aryl methyl sites for hydroxylation is 2. The molecule has 0 radical (unpaired) electrons. The molecule has 2 aromatic heterocycles. The number of rotatable bonds is 8. The van der Waals surface area contributed by atoms with Crippen molar-refractivity contribution >= 4 is 39.2 Å². The molecule has 1 saturated carbocycles. The second-order valence-electron chi connectivity index (χ2n) is 9.62. The van der Waals surface area contributed by atoms with Crippen LogP contribution < -0.4 is 10.9 Å². The van der Waals surface area contributed by atoms with Crippen LogP contribution in [0.1, 0.15) is 62.3 Å². The van der Waals surface area contributed by atoms with Crippen LogP contribution in [0.15, 0.2) is 9.95 Å². The number of thioether (sulfide) groups is 1. The number of thiophene rings is 1. The Balaban J connectivity index is 1.55. The van der Waals surface area contributed by atoms with Crippen LogP contribution in [0.25, 0.3) is 10.2 Å². The standard InChI is InChI=1S/C24H36N4O2S2/c1-16-9-4-6-11-18(16)25-20(29)15-31-24-26-22-21(17-10-5-7-12-19(17)32-22)23(30)28(24)14-8-13-27(2)3/h16,18H,4-15H2,1-3H3,(H,25,29). The number of carbonyl (C=O) groups is 1. The summed E-state index contributed by atoms with van der Waals surface area (Å²) < 4.78 is 1.83. The molecule has 0 spiro atoms. The summed E-state index contributed by atoms with van der Waals surface area (Å²) in [4.78, 5) is 35.5. The molecule has 2 aliphatic carbocycles. The first-order valence-corrected chi connectivity index (χ1v) is 13.9. The van der Waals surface area contributed by atoms with Gasteiger partial charge in [-0.15, -0.1) is 11.3 Å².